The van der Waals surface area contributed by atoms with Crippen molar-refractivity contribution in [2.24, 2.45) is 0 Å². The van der Waals surface area contributed by atoms with Crippen molar-refractivity contribution >= 4 is 46.4 Å². The Morgan fingerprint density at radius 3 is 2.09 bits per heavy atom. The lowest BCUT2D eigenvalue weighted by Gasteiger charge is -2.34. The zero-order chi connectivity index (χ0) is 15.7. The first-order chi connectivity index (χ1) is 10.5. The zero-order valence-electron chi connectivity index (χ0n) is 12.2. The summed E-state index contributed by atoms with van der Waals surface area (Å²) in [5.74, 6) is -0.113. The molecule has 2 heterocycles. The fraction of sp³-hybridized carbons (Fsp3) is 0.500. The second-order valence-electron chi connectivity index (χ2n) is 5.78. The van der Waals surface area contributed by atoms with Gasteiger partial charge < -0.3 is 9.80 Å². The fourth-order valence-electron chi connectivity index (χ4n) is 3.00. The van der Waals surface area contributed by atoms with Gasteiger partial charge >= 0.3 is 0 Å². The quantitative estimate of drug-likeness (QED) is 0.773. The van der Waals surface area contributed by atoms with Crippen LogP contribution in [0.1, 0.15) is 32.1 Å². The smallest absolute Gasteiger partial charge is 0.263 e. The molecule has 22 heavy (non-hydrogen) atoms. The number of alkyl halides is 2. The fourth-order valence-corrected chi connectivity index (χ4v) is 3.47. The number of carbonyl (C=O) groups excluding carboxylic acids is 2. The van der Waals surface area contributed by atoms with E-state index in [2.05, 4.69) is 0 Å². The van der Waals surface area contributed by atoms with Gasteiger partial charge in [-0.05, 0) is 49.9 Å². The number of rotatable bonds is 2. The Balaban J connectivity index is 1.79. The van der Waals surface area contributed by atoms with E-state index in [0.717, 1.165) is 37.2 Å². The molecule has 118 valence electrons. The molecule has 4 nitrogen and oxygen atoms in total. The zero-order valence-corrected chi connectivity index (χ0v) is 13.7. The number of anilines is 2. The van der Waals surface area contributed by atoms with Gasteiger partial charge in [0.25, 0.3) is 5.91 Å². The highest BCUT2D eigenvalue weighted by atomic mass is 35.5. The molecule has 3 rings (SSSR count). The average molecular weight is 341 g/mol. The number of carbonyl (C=O) groups is 2. The molecule has 0 aromatic heterocycles. The topological polar surface area (TPSA) is 40.6 Å². The van der Waals surface area contributed by atoms with Gasteiger partial charge in [0.05, 0.1) is 0 Å². The van der Waals surface area contributed by atoms with Crippen molar-refractivity contribution in [3.05, 3.63) is 24.3 Å². The molecule has 6 heteroatoms. The first kappa shape index (κ1) is 15.6. The Morgan fingerprint density at radius 1 is 0.864 bits per heavy atom. The molecular formula is C16H18Cl2N2O2. The highest BCUT2D eigenvalue weighted by Gasteiger charge is 2.41. The summed E-state index contributed by atoms with van der Waals surface area (Å²) >= 11 is 12.1. The molecule has 2 aliphatic rings. The molecule has 0 spiro atoms. The number of amides is 2. The van der Waals surface area contributed by atoms with Crippen LogP contribution in [-0.4, -0.2) is 29.2 Å². The molecule has 0 bridgehead atoms. The van der Waals surface area contributed by atoms with Crippen LogP contribution < -0.4 is 9.80 Å². The maximum absolute atomic E-state index is 12.3. The predicted molar refractivity (Wildman–Crippen MR) is 88.7 cm³/mol. The molecule has 0 radical (unpaired) electrons. The van der Waals surface area contributed by atoms with Crippen LogP contribution in [0.15, 0.2) is 24.3 Å². The Morgan fingerprint density at radius 2 is 1.45 bits per heavy atom. The van der Waals surface area contributed by atoms with Crippen molar-refractivity contribution in [2.75, 3.05) is 22.9 Å². The minimum Gasteiger partial charge on any atom is -0.312 e. The van der Waals surface area contributed by atoms with Crippen molar-refractivity contribution in [3.8, 4) is 0 Å². The van der Waals surface area contributed by atoms with Gasteiger partial charge in [-0.15, -0.1) is 0 Å². The highest BCUT2D eigenvalue weighted by Crippen LogP contribution is 2.36. The van der Waals surface area contributed by atoms with Gasteiger partial charge in [0, 0.05) is 30.9 Å². The Kier molecular flexibility index (Phi) is 4.33. The Labute approximate surface area is 140 Å². The summed E-state index contributed by atoms with van der Waals surface area (Å²) in [6, 6.07) is 7.46. The molecule has 1 aromatic rings. The molecule has 1 aromatic carbocycles. The van der Waals surface area contributed by atoms with Gasteiger partial charge in [-0.2, -0.15) is 0 Å². The van der Waals surface area contributed by atoms with E-state index in [4.69, 9.17) is 23.2 Å². The first-order valence-corrected chi connectivity index (χ1v) is 8.35. The molecule has 0 atom stereocenters. The number of piperidine rings is 2. The third-order valence-corrected chi connectivity index (χ3v) is 4.93. The van der Waals surface area contributed by atoms with Gasteiger partial charge in [0.2, 0.25) is 5.91 Å². The lowest BCUT2D eigenvalue weighted by Crippen LogP contribution is -2.47. The highest BCUT2D eigenvalue weighted by molar-refractivity contribution is 6.59. The molecule has 0 N–H and O–H groups in total. The average Bonchev–Trinajstić information content (AvgIpc) is 2.51. The van der Waals surface area contributed by atoms with Crippen molar-refractivity contribution < 1.29 is 9.59 Å². The van der Waals surface area contributed by atoms with Crippen LogP contribution in [0.3, 0.4) is 0 Å². The van der Waals surface area contributed by atoms with Gasteiger partial charge in [-0.3, -0.25) is 9.59 Å². The van der Waals surface area contributed by atoms with Crippen molar-refractivity contribution in [2.45, 2.75) is 36.4 Å². The molecule has 0 saturated carbocycles. The molecule has 2 saturated heterocycles. The monoisotopic (exact) mass is 340 g/mol. The molecule has 2 fully saturated rings. The van der Waals surface area contributed by atoms with Gasteiger partial charge in [-0.1, -0.05) is 23.2 Å². The van der Waals surface area contributed by atoms with E-state index in [0.29, 0.717) is 19.4 Å². The van der Waals surface area contributed by atoms with Crippen LogP contribution >= 0.6 is 23.2 Å². The third-order valence-electron chi connectivity index (χ3n) is 4.23. The minimum atomic E-state index is -1.33. The van der Waals surface area contributed by atoms with Crippen LogP contribution in [0.5, 0.6) is 0 Å². The van der Waals surface area contributed by atoms with Gasteiger partial charge in [-0.25, -0.2) is 0 Å². The van der Waals surface area contributed by atoms with Crippen LogP contribution in [0.2, 0.25) is 0 Å². The minimum absolute atomic E-state index is 0.161. The number of hydrogen-bond donors (Lipinski definition) is 0. The van der Waals surface area contributed by atoms with Gasteiger partial charge in [0.1, 0.15) is 0 Å². The van der Waals surface area contributed by atoms with Crippen LogP contribution in [0.25, 0.3) is 0 Å². The summed E-state index contributed by atoms with van der Waals surface area (Å²) < 4.78 is -1.33. The van der Waals surface area contributed by atoms with E-state index in [1.165, 1.54) is 0 Å². The molecule has 0 unspecified atom stereocenters. The van der Waals surface area contributed by atoms with E-state index in [9.17, 15) is 9.59 Å². The standard InChI is InChI=1S/C16H18Cl2N2O2/c17-16(18)9-3-11-20(15(16)22)13-7-5-12(6-8-13)19-10-2-1-4-14(19)21/h5-8H,1-4,9-11H2. The summed E-state index contributed by atoms with van der Waals surface area (Å²) in [4.78, 5) is 27.6. The molecule has 0 aliphatic carbocycles. The normalized spacial score (nSPS) is 22.1. The summed E-state index contributed by atoms with van der Waals surface area (Å²) in [5, 5.41) is 0. The van der Waals surface area contributed by atoms with E-state index in [1.807, 2.05) is 24.3 Å². The first-order valence-electron chi connectivity index (χ1n) is 7.59. The number of benzene rings is 1. The predicted octanol–water partition coefficient (Wildman–Crippen LogP) is 3.50. The third kappa shape index (κ3) is 2.95. The number of nitrogens with zero attached hydrogens (tertiary/aromatic N) is 2. The summed E-state index contributed by atoms with van der Waals surface area (Å²) in [7, 11) is 0. The second kappa shape index (κ2) is 6.09. The van der Waals surface area contributed by atoms with Gasteiger partial charge in [0.15, 0.2) is 4.33 Å². The Hall–Kier alpha value is -1.26. The SMILES string of the molecule is O=C1CCCCN1c1ccc(N2CCCC(Cl)(Cl)C2=O)cc1. The van der Waals surface area contributed by atoms with E-state index >= 15 is 0 Å². The lowest BCUT2D eigenvalue weighted by atomic mass is 10.1. The summed E-state index contributed by atoms with van der Waals surface area (Å²) in [6.45, 7) is 1.37. The van der Waals surface area contributed by atoms with Crippen molar-refractivity contribution in [1.29, 1.82) is 0 Å². The maximum atomic E-state index is 12.3. The molecule has 2 aliphatic heterocycles. The van der Waals surface area contributed by atoms with Crippen LogP contribution in [-0.2, 0) is 9.59 Å². The van der Waals surface area contributed by atoms with E-state index in [1.54, 1.807) is 9.80 Å². The largest absolute Gasteiger partial charge is 0.312 e. The second-order valence-corrected chi connectivity index (χ2v) is 7.27. The molecule has 2 amide bonds. The number of halogens is 2. The van der Waals surface area contributed by atoms with Crippen molar-refractivity contribution in [1.82, 2.24) is 0 Å². The van der Waals surface area contributed by atoms with E-state index < -0.39 is 4.33 Å². The van der Waals surface area contributed by atoms with E-state index in [-0.39, 0.29) is 11.8 Å². The summed E-state index contributed by atoms with van der Waals surface area (Å²) in [5.41, 5.74) is 1.64. The van der Waals surface area contributed by atoms with Crippen LogP contribution in [0.4, 0.5) is 11.4 Å². The summed E-state index contributed by atoms with van der Waals surface area (Å²) in [6.07, 6.45) is 3.84. The Bertz CT molecular complexity index is 586. The lowest BCUT2D eigenvalue weighted by molar-refractivity contribution is -0.120. The van der Waals surface area contributed by atoms with Crippen molar-refractivity contribution in [3.63, 3.8) is 0 Å². The number of hydrogen-bond acceptors (Lipinski definition) is 2. The van der Waals surface area contributed by atoms with Crippen LogP contribution in [0, 0.1) is 0 Å². The maximum Gasteiger partial charge on any atom is 0.263 e. The molecular weight excluding hydrogens is 323 g/mol.